The van der Waals surface area contributed by atoms with Crippen LogP contribution in [0.15, 0.2) is 29.6 Å². The zero-order chi connectivity index (χ0) is 13.4. The van der Waals surface area contributed by atoms with Crippen molar-refractivity contribution in [2.45, 2.75) is 27.2 Å². The van der Waals surface area contributed by atoms with Crippen molar-refractivity contribution in [1.82, 2.24) is 19.6 Å². The Bertz CT molecular complexity index is 781. The monoisotopic (exact) mass is 253 g/mol. The summed E-state index contributed by atoms with van der Waals surface area (Å²) in [5, 5.41) is 4.57. The van der Waals surface area contributed by atoms with Gasteiger partial charge in [-0.2, -0.15) is 5.10 Å². The van der Waals surface area contributed by atoms with E-state index in [1.165, 1.54) is 0 Å². The maximum Gasteiger partial charge on any atom is 0.131 e. The summed E-state index contributed by atoms with van der Waals surface area (Å²) in [6.07, 6.45) is 4.38. The third-order valence-electron chi connectivity index (χ3n) is 2.90. The fourth-order valence-corrected chi connectivity index (χ4v) is 2.14. The molecule has 19 heavy (non-hydrogen) atoms. The molecule has 0 saturated heterocycles. The summed E-state index contributed by atoms with van der Waals surface area (Å²) < 4.78 is 1.89. The highest BCUT2D eigenvalue weighted by Crippen LogP contribution is 2.23. The minimum absolute atomic E-state index is 0.819. The van der Waals surface area contributed by atoms with Crippen molar-refractivity contribution in [3.63, 3.8) is 0 Å². The van der Waals surface area contributed by atoms with E-state index < -0.39 is 0 Å². The van der Waals surface area contributed by atoms with Crippen LogP contribution in [0.2, 0.25) is 0 Å². The number of aromatic nitrogens is 4. The number of imidazole rings is 1. The topological polar surface area (TPSA) is 56.0 Å². The number of pyridine rings is 2. The van der Waals surface area contributed by atoms with Gasteiger partial charge in [-0.3, -0.25) is 9.97 Å². The van der Waals surface area contributed by atoms with Gasteiger partial charge in [0.15, 0.2) is 0 Å². The van der Waals surface area contributed by atoms with E-state index in [0.717, 1.165) is 40.0 Å². The van der Waals surface area contributed by atoms with E-state index in [-0.39, 0.29) is 0 Å². The Kier molecular flexibility index (Phi) is 2.74. The van der Waals surface area contributed by atoms with Crippen molar-refractivity contribution in [1.29, 1.82) is 0 Å². The molecule has 0 aromatic carbocycles. The van der Waals surface area contributed by atoms with Crippen LogP contribution in [-0.4, -0.2) is 25.3 Å². The Balaban J connectivity index is 2.49. The van der Waals surface area contributed by atoms with Crippen LogP contribution in [0.3, 0.4) is 0 Å². The minimum Gasteiger partial charge on any atom is -0.252 e. The molecule has 0 unspecified atom stereocenters. The molecular formula is C14H15N5. The first kappa shape index (κ1) is 11.8. The molecule has 3 rings (SSSR count). The SMILES string of the molecule is CCc1nc2cnc3cccnc3c2n1N=C(C)C. The lowest BCUT2D eigenvalue weighted by Crippen LogP contribution is -1.99. The van der Waals surface area contributed by atoms with Crippen molar-refractivity contribution in [3.05, 3.63) is 30.4 Å². The molecule has 0 atom stereocenters. The van der Waals surface area contributed by atoms with E-state index in [1.807, 2.05) is 30.7 Å². The van der Waals surface area contributed by atoms with Gasteiger partial charge in [-0.25, -0.2) is 9.66 Å². The fourth-order valence-electron chi connectivity index (χ4n) is 2.14. The maximum atomic E-state index is 4.59. The lowest BCUT2D eigenvalue weighted by molar-refractivity contribution is 0.805. The lowest BCUT2D eigenvalue weighted by Gasteiger charge is -2.03. The van der Waals surface area contributed by atoms with E-state index in [0.29, 0.717) is 0 Å². The molecule has 0 fully saturated rings. The predicted molar refractivity (Wildman–Crippen MR) is 76.4 cm³/mol. The molecule has 0 amide bonds. The molecule has 0 N–H and O–H groups in total. The van der Waals surface area contributed by atoms with Gasteiger partial charge in [-0.1, -0.05) is 6.92 Å². The summed E-state index contributed by atoms with van der Waals surface area (Å²) in [6.45, 7) is 6.02. The van der Waals surface area contributed by atoms with Crippen LogP contribution < -0.4 is 0 Å². The first-order chi connectivity index (χ1) is 9.20. The van der Waals surface area contributed by atoms with E-state index in [4.69, 9.17) is 0 Å². The van der Waals surface area contributed by atoms with E-state index >= 15 is 0 Å². The number of rotatable bonds is 2. The number of hydrogen-bond acceptors (Lipinski definition) is 4. The third kappa shape index (κ3) is 1.87. The second-order valence-electron chi connectivity index (χ2n) is 4.60. The van der Waals surface area contributed by atoms with Gasteiger partial charge in [-0.15, -0.1) is 0 Å². The second-order valence-corrected chi connectivity index (χ2v) is 4.60. The molecule has 0 saturated carbocycles. The van der Waals surface area contributed by atoms with Crippen molar-refractivity contribution in [2.24, 2.45) is 5.10 Å². The lowest BCUT2D eigenvalue weighted by atomic mass is 10.3. The Hall–Kier alpha value is -2.30. The number of hydrogen-bond donors (Lipinski definition) is 0. The van der Waals surface area contributed by atoms with Crippen LogP contribution in [0.25, 0.3) is 22.1 Å². The molecule has 5 nitrogen and oxygen atoms in total. The first-order valence-electron chi connectivity index (χ1n) is 6.34. The zero-order valence-electron chi connectivity index (χ0n) is 11.3. The van der Waals surface area contributed by atoms with E-state index in [2.05, 4.69) is 27.0 Å². The van der Waals surface area contributed by atoms with E-state index in [1.54, 1.807) is 12.4 Å². The summed E-state index contributed by atoms with van der Waals surface area (Å²) in [5.41, 5.74) is 4.46. The van der Waals surface area contributed by atoms with Crippen LogP contribution in [0.5, 0.6) is 0 Å². The van der Waals surface area contributed by atoms with Crippen LogP contribution in [0.4, 0.5) is 0 Å². The summed E-state index contributed by atoms with van der Waals surface area (Å²) >= 11 is 0. The number of fused-ring (bicyclic) bond motifs is 3. The van der Waals surface area contributed by atoms with Crippen LogP contribution in [-0.2, 0) is 6.42 Å². The molecule has 96 valence electrons. The molecule has 0 aliphatic heterocycles. The highest BCUT2D eigenvalue weighted by Gasteiger charge is 2.13. The van der Waals surface area contributed by atoms with Gasteiger partial charge < -0.3 is 0 Å². The van der Waals surface area contributed by atoms with Gasteiger partial charge in [0.25, 0.3) is 0 Å². The Morgan fingerprint density at radius 1 is 1.26 bits per heavy atom. The van der Waals surface area contributed by atoms with Crippen molar-refractivity contribution < 1.29 is 0 Å². The molecule has 0 aliphatic rings. The Morgan fingerprint density at radius 2 is 2.11 bits per heavy atom. The van der Waals surface area contributed by atoms with Gasteiger partial charge in [0.2, 0.25) is 0 Å². The molecule has 0 bridgehead atoms. The van der Waals surface area contributed by atoms with Gasteiger partial charge in [-0.05, 0) is 26.0 Å². The van der Waals surface area contributed by atoms with Crippen molar-refractivity contribution >= 4 is 27.8 Å². The van der Waals surface area contributed by atoms with Crippen molar-refractivity contribution in [3.8, 4) is 0 Å². The average molecular weight is 253 g/mol. The van der Waals surface area contributed by atoms with Crippen LogP contribution >= 0.6 is 0 Å². The summed E-state index contributed by atoms with van der Waals surface area (Å²) in [4.78, 5) is 13.4. The molecular weight excluding hydrogens is 238 g/mol. The zero-order valence-corrected chi connectivity index (χ0v) is 11.3. The standard InChI is InChI=1S/C14H15N5/c1-4-12-17-11-8-16-10-6-5-7-15-13(10)14(11)19(12)18-9(2)3/h5-8H,4H2,1-3H3. The molecule has 3 aromatic rings. The highest BCUT2D eigenvalue weighted by molar-refractivity contribution is 5.99. The molecule has 0 aliphatic carbocycles. The Labute approximate surface area is 111 Å². The predicted octanol–water partition coefficient (Wildman–Crippen LogP) is 2.79. The summed E-state index contributed by atoms with van der Waals surface area (Å²) in [5.74, 6) is 0.927. The smallest absolute Gasteiger partial charge is 0.131 e. The molecule has 3 heterocycles. The van der Waals surface area contributed by atoms with Crippen LogP contribution in [0.1, 0.15) is 26.6 Å². The Morgan fingerprint density at radius 3 is 2.84 bits per heavy atom. The maximum absolute atomic E-state index is 4.59. The number of nitrogens with zero attached hydrogens (tertiary/aromatic N) is 5. The average Bonchev–Trinajstić information content (AvgIpc) is 2.76. The molecule has 3 aromatic heterocycles. The first-order valence-corrected chi connectivity index (χ1v) is 6.34. The van der Waals surface area contributed by atoms with Gasteiger partial charge in [0, 0.05) is 18.3 Å². The normalized spacial score (nSPS) is 11.1. The minimum atomic E-state index is 0.819. The largest absolute Gasteiger partial charge is 0.252 e. The molecule has 5 heteroatoms. The second kappa shape index (κ2) is 4.42. The number of aryl methyl sites for hydroxylation is 1. The fraction of sp³-hybridized carbons (Fsp3) is 0.286. The molecule has 0 spiro atoms. The highest BCUT2D eigenvalue weighted by atomic mass is 15.4. The van der Waals surface area contributed by atoms with Crippen molar-refractivity contribution in [2.75, 3.05) is 0 Å². The van der Waals surface area contributed by atoms with Gasteiger partial charge in [0.05, 0.1) is 11.7 Å². The van der Waals surface area contributed by atoms with Gasteiger partial charge >= 0.3 is 0 Å². The molecule has 0 radical (unpaired) electrons. The summed E-state index contributed by atoms with van der Waals surface area (Å²) in [7, 11) is 0. The third-order valence-corrected chi connectivity index (χ3v) is 2.90. The quantitative estimate of drug-likeness (QED) is 0.660. The van der Waals surface area contributed by atoms with Gasteiger partial charge in [0.1, 0.15) is 22.4 Å². The summed E-state index contributed by atoms with van der Waals surface area (Å²) in [6, 6.07) is 3.84. The van der Waals surface area contributed by atoms with E-state index in [9.17, 15) is 0 Å². The van der Waals surface area contributed by atoms with Crippen LogP contribution in [0, 0.1) is 0 Å².